The largest absolute Gasteiger partial charge is 0.541 e. The molecule has 0 saturated carbocycles. The fourth-order valence-electron chi connectivity index (χ4n) is 1.31. The van der Waals surface area contributed by atoms with Gasteiger partial charge in [-0.05, 0) is 46.2 Å². The van der Waals surface area contributed by atoms with Gasteiger partial charge in [-0.2, -0.15) is 0 Å². The Kier molecular flexibility index (Phi) is 4.85. The second-order valence-electron chi connectivity index (χ2n) is 6.00. The summed E-state index contributed by atoms with van der Waals surface area (Å²) in [6.07, 6.45) is 0.808. The molecule has 3 nitrogen and oxygen atoms in total. The molecule has 0 aliphatic heterocycles. The smallest absolute Gasteiger partial charge is 0.250 e. The maximum Gasteiger partial charge on any atom is 0.250 e. The Hall–Kier alpha value is -0.813. The number of rotatable bonds is 4. The van der Waals surface area contributed by atoms with E-state index in [1.807, 2.05) is 0 Å². The van der Waals surface area contributed by atoms with E-state index in [1.54, 1.807) is 19.2 Å². The molecule has 0 unspecified atom stereocenters. The molecule has 0 saturated heterocycles. The predicted molar refractivity (Wildman–Crippen MR) is 83.9 cm³/mol. The number of halogens is 1. The van der Waals surface area contributed by atoms with Gasteiger partial charge in [0.1, 0.15) is 5.75 Å². The lowest BCUT2D eigenvalue weighted by atomic mass is 10.2. The lowest BCUT2D eigenvalue weighted by Gasteiger charge is -2.36. The molecule has 0 radical (unpaired) electrons. The summed E-state index contributed by atoms with van der Waals surface area (Å²) in [4.78, 5) is 11.0. The third kappa shape index (κ3) is 3.60. The van der Waals surface area contributed by atoms with Crippen LogP contribution in [0.2, 0.25) is 18.1 Å². The number of ether oxygens (including phenoxy) is 1. The van der Waals surface area contributed by atoms with Crippen LogP contribution in [0.4, 0.5) is 0 Å². The highest BCUT2D eigenvalue weighted by Crippen LogP contribution is 2.41. The molecule has 0 aliphatic carbocycles. The van der Waals surface area contributed by atoms with E-state index in [1.165, 1.54) is 0 Å². The molecule has 1 rings (SSSR count). The first kappa shape index (κ1) is 16.2. The van der Waals surface area contributed by atoms with E-state index in [-0.39, 0.29) is 5.04 Å². The fraction of sp³-hybridized carbons (Fsp3) is 0.500. The third-order valence-corrected chi connectivity index (χ3v) is 8.61. The molecule has 0 N–H and O–H groups in total. The van der Waals surface area contributed by atoms with Crippen molar-refractivity contribution in [3.05, 3.63) is 22.2 Å². The molecule has 0 atom stereocenters. The van der Waals surface area contributed by atoms with Gasteiger partial charge in [0.25, 0.3) is 8.32 Å². The van der Waals surface area contributed by atoms with Crippen molar-refractivity contribution in [3.63, 3.8) is 0 Å². The molecular formula is C14H21BrO3Si. The van der Waals surface area contributed by atoms with Crippen LogP contribution in [0.15, 0.2) is 16.6 Å². The SMILES string of the molecule is COc1cc(Br)c(C=O)cc1O[Si](C)(C)C(C)(C)C. The Morgan fingerprint density at radius 3 is 2.21 bits per heavy atom. The van der Waals surface area contributed by atoms with Gasteiger partial charge in [0.2, 0.25) is 0 Å². The number of carbonyl (C=O) groups excluding carboxylic acids is 1. The molecule has 106 valence electrons. The van der Waals surface area contributed by atoms with Crippen LogP contribution in [-0.2, 0) is 0 Å². The number of aldehydes is 1. The van der Waals surface area contributed by atoms with Crippen LogP contribution in [0.3, 0.4) is 0 Å². The van der Waals surface area contributed by atoms with Crippen molar-refractivity contribution < 1.29 is 14.0 Å². The number of benzene rings is 1. The van der Waals surface area contributed by atoms with Crippen molar-refractivity contribution in [3.8, 4) is 11.5 Å². The standard InChI is InChI=1S/C14H21BrO3Si/c1-14(2,3)19(5,6)18-13-7-10(9-16)11(15)8-12(13)17-4/h7-9H,1-6H3. The number of methoxy groups -OCH3 is 1. The van der Waals surface area contributed by atoms with Gasteiger partial charge in [0, 0.05) is 10.0 Å². The first-order valence-electron chi connectivity index (χ1n) is 6.14. The molecule has 0 fully saturated rings. The summed E-state index contributed by atoms with van der Waals surface area (Å²) < 4.78 is 12.3. The van der Waals surface area contributed by atoms with Crippen molar-refractivity contribution >= 4 is 30.5 Å². The molecule has 0 spiro atoms. The normalized spacial score (nSPS) is 12.2. The van der Waals surface area contributed by atoms with Gasteiger partial charge >= 0.3 is 0 Å². The van der Waals surface area contributed by atoms with Crippen LogP contribution in [0.5, 0.6) is 11.5 Å². The Bertz CT molecular complexity index is 478. The van der Waals surface area contributed by atoms with Gasteiger partial charge in [0.05, 0.1) is 7.11 Å². The zero-order valence-electron chi connectivity index (χ0n) is 12.3. The lowest BCUT2D eigenvalue weighted by molar-refractivity contribution is 0.112. The number of hydrogen-bond donors (Lipinski definition) is 0. The number of carbonyl (C=O) groups is 1. The minimum atomic E-state index is -1.96. The van der Waals surface area contributed by atoms with E-state index in [0.29, 0.717) is 21.5 Å². The molecular weight excluding hydrogens is 324 g/mol. The zero-order chi connectivity index (χ0) is 14.8. The van der Waals surface area contributed by atoms with Gasteiger partial charge < -0.3 is 9.16 Å². The minimum absolute atomic E-state index is 0.0897. The van der Waals surface area contributed by atoms with Crippen LogP contribution in [-0.4, -0.2) is 21.7 Å². The Balaban J connectivity index is 3.23. The predicted octanol–water partition coefficient (Wildman–Crippen LogP) is 4.65. The highest BCUT2D eigenvalue weighted by Gasteiger charge is 2.39. The summed E-state index contributed by atoms with van der Waals surface area (Å²) in [5.74, 6) is 1.28. The van der Waals surface area contributed by atoms with Gasteiger partial charge in [-0.15, -0.1) is 0 Å². The lowest BCUT2D eigenvalue weighted by Crippen LogP contribution is -2.43. The monoisotopic (exact) mass is 344 g/mol. The molecule has 0 aromatic heterocycles. The molecule has 0 heterocycles. The second-order valence-corrected chi connectivity index (χ2v) is 11.6. The first-order valence-corrected chi connectivity index (χ1v) is 9.84. The summed E-state index contributed by atoms with van der Waals surface area (Å²) in [6, 6.07) is 3.50. The minimum Gasteiger partial charge on any atom is -0.541 e. The topological polar surface area (TPSA) is 35.5 Å². The maximum absolute atomic E-state index is 11.0. The Labute approximate surface area is 124 Å². The van der Waals surface area contributed by atoms with Gasteiger partial charge in [-0.3, -0.25) is 4.79 Å². The fourth-order valence-corrected chi connectivity index (χ4v) is 2.74. The average molecular weight is 345 g/mol. The summed E-state index contributed by atoms with van der Waals surface area (Å²) >= 11 is 3.35. The highest BCUT2D eigenvalue weighted by atomic mass is 79.9. The Morgan fingerprint density at radius 2 is 1.79 bits per heavy atom. The van der Waals surface area contributed by atoms with E-state index in [4.69, 9.17) is 9.16 Å². The van der Waals surface area contributed by atoms with Gasteiger partial charge in [0.15, 0.2) is 12.0 Å². The molecule has 5 heteroatoms. The van der Waals surface area contributed by atoms with E-state index in [2.05, 4.69) is 49.8 Å². The summed E-state index contributed by atoms with van der Waals surface area (Å²) in [5, 5.41) is 0.0897. The van der Waals surface area contributed by atoms with Crippen LogP contribution in [0.1, 0.15) is 31.1 Å². The first-order chi connectivity index (χ1) is 8.62. The maximum atomic E-state index is 11.0. The molecule has 1 aromatic carbocycles. The molecule has 0 aliphatic rings. The Morgan fingerprint density at radius 1 is 1.21 bits per heavy atom. The van der Waals surface area contributed by atoms with Crippen molar-refractivity contribution in [2.75, 3.05) is 7.11 Å². The summed E-state index contributed by atoms with van der Waals surface area (Å²) in [5.41, 5.74) is 0.564. The van der Waals surface area contributed by atoms with Gasteiger partial charge in [-0.25, -0.2) is 0 Å². The average Bonchev–Trinajstić information content (AvgIpc) is 2.29. The van der Waals surface area contributed by atoms with Crippen LogP contribution < -0.4 is 9.16 Å². The van der Waals surface area contributed by atoms with Crippen molar-refractivity contribution in [1.29, 1.82) is 0 Å². The van der Waals surface area contributed by atoms with Crippen molar-refractivity contribution in [2.45, 2.75) is 38.9 Å². The van der Waals surface area contributed by atoms with Crippen molar-refractivity contribution in [1.82, 2.24) is 0 Å². The number of hydrogen-bond acceptors (Lipinski definition) is 3. The molecule has 0 amide bonds. The van der Waals surface area contributed by atoms with E-state index in [9.17, 15) is 4.79 Å². The molecule has 0 bridgehead atoms. The van der Waals surface area contributed by atoms with Crippen LogP contribution in [0, 0.1) is 0 Å². The van der Waals surface area contributed by atoms with Crippen LogP contribution >= 0.6 is 15.9 Å². The third-order valence-electron chi connectivity index (χ3n) is 3.58. The summed E-state index contributed by atoms with van der Waals surface area (Å²) in [6.45, 7) is 10.8. The van der Waals surface area contributed by atoms with Gasteiger partial charge in [-0.1, -0.05) is 20.8 Å². The summed E-state index contributed by atoms with van der Waals surface area (Å²) in [7, 11) is -0.360. The van der Waals surface area contributed by atoms with E-state index < -0.39 is 8.32 Å². The quantitative estimate of drug-likeness (QED) is 0.588. The van der Waals surface area contributed by atoms with E-state index >= 15 is 0 Å². The van der Waals surface area contributed by atoms with E-state index in [0.717, 1.165) is 6.29 Å². The van der Waals surface area contributed by atoms with Crippen molar-refractivity contribution in [2.24, 2.45) is 0 Å². The zero-order valence-corrected chi connectivity index (χ0v) is 14.9. The van der Waals surface area contributed by atoms with Crippen LogP contribution in [0.25, 0.3) is 0 Å². The highest BCUT2D eigenvalue weighted by molar-refractivity contribution is 9.10. The molecule has 1 aromatic rings. The molecule has 19 heavy (non-hydrogen) atoms. The second kappa shape index (κ2) is 5.67.